The van der Waals surface area contributed by atoms with Gasteiger partial charge in [0.2, 0.25) is 5.91 Å². The number of aromatic nitrogens is 2. The van der Waals surface area contributed by atoms with Crippen molar-refractivity contribution in [3.63, 3.8) is 0 Å². The summed E-state index contributed by atoms with van der Waals surface area (Å²) in [6, 6.07) is 1.56. The lowest BCUT2D eigenvalue weighted by Crippen LogP contribution is -2.29. The van der Waals surface area contributed by atoms with Gasteiger partial charge < -0.3 is 0 Å². The molecule has 0 atom stereocenters. The fourth-order valence-corrected chi connectivity index (χ4v) is 1.49. The summed E-state index contributed by atoms with van der Waals surface area (Å²) >= 11 is 0. The first kappa shape index (κ1) is 13.4. The summed E-state index contributed by atoms with van der Waals surface area (Å²) in [5.74, 6) is 4.80. The summed E-state index contributed by atoms with van der Waals surface area (Å²) in [4.78, 5) is 22.3. The third kappa shape index (κ3) is 4.78. The zero-order valence-electron chi connectivity index (χ0n) is 9.98. The van der Waals surface area contributed by atoms with E-state index in [0.29, 0.717) is 13.0 Å². The van der Waals surface area contributed by atoms with E-state index in [-0.39, 0.29) is 11.5 Å². The SMILES string of the molecule is Cc1cnn(CCCCCC(=O)NN)c(=O)c1. The van der Waals surface area contributed by atoms with Gasteiger partial charge in [0.15, 0.2) is 0 Å². The molecule has 94 valence electrons. The Balaban J connectivity index is 2.27. The van der Waals surface area contributed by atoms with E-state index in [1.807, 2.05) is 6.92 Å². The summed E-state index contributed by atoms with van der Waals surface area (Å²) in [5, 5.41) is 4.03. The van der Waals surface area contributed by atoms with Crippen molar-refractivity contribution in [1.82, 2.24) is 15.2 Å². The van der Waals surface area contributed by atoms with E-state index in [2.05, 4.69) is 10.5 Å². The molecule has 0 aliphatic heterocycles. The topological polar surface area (TPSA) is 90.0 Å². The monoisotopic (exact) mass is 238 g/mol. The number of unbranched alkanes of at least 4 members (excludes halogenated alkanes) is 2. The number of hydrogen-bond donors (Lipinski definition) is 2. The molecule has 0 bridgehead atoms. The Kier molecular flexibility index (Phi) is 5.35. The van der Waals surface area contributed by atoms with Crippen LogP contribution in [0.25, 0.3) is 0 Å². The van der Waals surface area contributed by atoms with Gasteiger partial charge in [-0.2, -0.15) is 5.10 Å². The number of carbonyl (C=O) groups is 1. The molecule has 1 aromatic heterocycles. The normalized spacial score (nSPS) is 10.2. The molecule has 0 aliphatic rings. The Morgan fingerprint density at radius 1 is 1.47 bits per heavy atom. The van der Waals surface area contributed by atoms with Crippen molar-refractivity contribution >= 4 is 5.91 Å². The highest BCUT2D eigenvalue weighted by Crippen LogP contribution is 2.00. The predicted octanol–water partition coefficient (Wildman–Crippen LogP) is 0.102. The molecule has 17 heavy (non-hydrogen) atoms. The Morgan fingerprint density at radius 2 is 2.24 bits per heavy atom. The molecule has 0 spiro atoms. The maximum absolute atomic E-state index is 11.5. The first-order chi connectivity index (χ1) is 8.13. The summed E-state index contributed by atoms with van der Waals surface area (Å²) in [6.45, 7) is 2.42. The number of carbonyl (C=O) groups excluding carboxylic acids is 1. The minimum Gasteiger partial charge on any atom is -0.294 e. The summed E-state index contributed by atoms with van der Waals surface area (Å²) < 4.78 is 1.44. The number of rotatable bonds is 6. The second-order valence-corrected chi connectivity index (χ2v) is 3.97. The molecule has 3 N–H and O–H groups in total. The van der Waals surface area contributed by atoms with Crippen LogP contribution in [0.4, 0.5) is 0 Å². The molecule has 0 aromatic carbocycles. The van der Waals surface area contributed by atoms with Crippen molar-refractivity contribution in [3.05, 3.63) is 28.2 Å². The second kappa shape index (κ2) is 6.80. The number of aryl methyl sites for hydroxylation is 2. The predicted molar refractivity (Wildman–Crippen MR) is 64.0 cm³/mol. The van der Waals surface area contributed by atoms with Crippen LogP contribution in [0.3, 0.4) is 0 Å². The Bertz CT molecular complexity index is 428. The van der Waals surface area contributed by atoms with Crippen molar-refractivity contribution in [2.24, 2.45) is 5.84 Å². The zero-order valence-corrected chi connectivity index (χ0v) is 9.98. The van der Waals surface area contributed by atoms with Crippen molar-refractivity contribution in [2.75, 3.05) is 0 Å². The second-order valence-electron chi connectivity index (χ2n) is 3.97. The lowest BCUT2D eigenvalue weighted by Gasteiger charge is -2.04. The molecule has 0 fully saturated rings. The highest BCUT2D eigenvalue weighted by Gasteiger charge is 2.00. The van der Waals surface area contributed by atoms with Gasteiger partial charge in [-0.3, -0.25) is 15.0 Å². The molecule has 1 aromatic rings. The van der Waals surface area contributed by atoms with Gasteiger partial charge in [0, 0.05) is 19.0 Å². The van der Waals surface area contributed by atoms with Crippen LogP contribution in [0.15, 0.2) is 17.1 Å². The van der Waals surface area contributed by atoms with E-state index in [4.69, 9.17) is 5.84 Å². The molecule has 0 unspecified atom stereocenters. The molecule has 1 rings (SSSR count). The fraction of sp³-hybridized carbons (Fsp3) is 0.545. The molecule has 0 saturated heterocycles. The number of hydrogen-bond acceptors (Lipinski definition) is 4. The van der Waals surface area contributed by atoms with E-state index in [1.54, 1.807) is 12.3 Å². The number of amides is 1. The van der Waals surface area contributed by atoms with E-state index in [9.17, 15) is 9.59 Å². The summed E-state index contributed by atoms with van der Waals surface area (Å²) in [6.07, 6.45) is 4.56. The molecule has 0 saturated carbocycles. The Labute approximate surface area is 99.8 Å². The van der Waals surface area contributed by atoms with E-state index in [0.717, 1.165) is 24.8 Å². The minimum atomic E-state index is -0.157. The van der Waals surface area contributed by atoms with Crippen molar-refractivity contribution < 1.29 is 4.79 Å². The zero-order chi connectivity index (χ0) is 12.7. The molecule has 6 heteroatoms. The molecular formula is C11H18N4O2. The third-order valence-corrected chi connectivity index (χ3v) is 2.44. The number of nitrogens with zero attached hydrogens (tertiary/aromatic N) is 2. The minimum absolute atomic E-state index is 0.0790. The van der Waals surface area contributed by atoms with Crippen LogP contribution in [-0.2, 0) is 11.3 Å². The average molecular weight is 238 g/mol. The Morgan fingerprint density at radius 3 is 2.88 bits per heavy atom. The van der Waals surface area contributed by atoms with Gasteiger partial charge in [0.1, 0.15) is 0 Å². The summed E-state index contributed by atoms with van der Waals surface area (Å²) in [5.41, 5.74) is 2.87. The van der Waals surface area contributed by atoms with Crippen molar-refractivity contribution in [3.8, 4) is 0 Å². The van der Waals surface area contributed by atoms with Gasteiger partial charge in [0.05, 0.1) is 6.20 Å². The summed E-state index contributed by atoms with van der Waals surface area (Å²) in [7, 11) is 0. The van der Waals surface area contributed by atoms with E-state index in [1.165, 1.54) is 4.68 Å². The molecule has 1 amide bonds. The lowest BCUT2D eigenvalue weighted by molar-refractivity contribution is -0.121. The van der Waals surface area contributed by atoms with Gasteiger partial charge in [-0.15, -0.1) is 0 Å². The van der Waals surface area contributed by atoms with Crippen LogP contribution in [0.1, 0.15) is 31.2 Å². The highest BCUT2D eigenvalue weighted by atomic mass is 16.2. The average Bonchev–Trinajstić information content (AvgIpc) is 2.30. The highest BCUT2D eigenvalue weighted by molar-refractivity contribution is 5.74. The van der Waals surface area contributed by atoms with Gasteiger partial charge in [-0.05, 0) is 25.3 Å². The quantitative estimate of drug-likeness (QED) is 0.318. The molecule has 0 radical (unpaired) electrons. The maximum Gasteiger partial charge on any atom is 0.266 e. The Hall–Kier alpha value is -1.69. The largest absolute Gasteiger partial charge is 0.294 e. The standard InChI is InChI=1S/C11H18N4O2/c1-9-7-11(17)15(13-8-9)6-4-2-3-5-10(16)14-12/h7-8H,2-6,12H2,1H3,(H,14,16). The van der Waals surface area contributed by atoms with Crippen LogP contribution >= 0.6 is 0 Å². The fourth-order valence-electron chi connectivity index (χ4n) is 1.49. The number of nitrogens with two attached hydrogens (primary N) is 1. The van der Waals surface area contributed by atoms with Crippen LogP contribution < -0.4 is 16.8 Å². The molecular weight excluding hydrogens is 220 g/mol. The van der Waals surface area contributed by atoms with Crippen molar-refractivity contribution in [1.29, 1.82) is 0 Å². The molecule has 0 aliphatic carbocycles. The van der Waals surface area contributed by atoms with Crippen LogP contribution in [0.2, 0.25) is 0 Å². The van der Waals surface area contributed by atoms with Gasteiger partial charge in [-0.1, -0.05) is 6.42 Å². The molecule has 6 nitrogen and oxygen atoms in total. The lowest BCUT2D eigenvalue weighted by atomic mass is 10.2. The smallest absolute Gasteiger partial charge is 0.266 e. The molecule has 1 heterocycles. The van der Waals surface area contributed by atoms with E-state index < -0.39 is 0 Å². The third-order valence-electron chi connectivity index (χ3n) is 2.44. The van der Waals surface area contributed by atoms with Gasteiger partial charge in [-0.25, -0.2) is 10.5 Å². The van der Waals surface area contributed by atoms with Crippen LogP contribution in [0, 0.1) is 6.92 Å². The first-order valence-corrected chi connectivity index (χ1v) is 5.66. The van der Waals surface area contributed by atoms with E-state index >= 15 is 0 Å². The number of nitrogens with one attached hydrogen (secondary N) is 1. The van der Waals surface area contributed by atoms with Crippen LogP contribution in [0.5, 0.6) is 0 Å². The van der Waals surface area contributed by atoms with Gasteiger partial charge in [0.25, 0.3) is 5.56 Å². The van der Waals surface area contributed by atoms with Crippen LogP contribution in [-0.4, -0.2) is 15.7 Å². The first-order valence-electron chi connectivity index (χ1n) is 5.66. The van der Waals surface area contributed by atoms with Crippen molar-refractivity contribution in [2.45, 2.75) is 39.2 Å². The number of hydrazine groups is 1. The van der Waals surface area contributed by atoms with Gasteiger partial charge >= 0.3 is 0 Å². The maximum atomic E-state index is 11.5.